The van der Waals surface area contributed by atoms with Gasteiger partial charge in [0.25, 0.3) is 0 Å². The summed E-state index contributed by atoms with van der Waals surface area (Å²) in [6, 6.07) is 2.00. The minimum Gasteiger partial charge on any atom is -0.333 e. The van der Waals surface area contributed by atoms with Crippen molar-refractivity contribution >= 4 is 22.6 Å². The second kappa shape index (κ2) is 4.45. The number of anilines is 1. The molecule has 1 atom stereocenters. The highest BCUT2D eigenvalue weighted by Gasteiger charge is 2.28. The highest BCUT2D eigenvalue weighted by Crippen LogP contribution is 2.30. The van der Waals surface area contributed by atoms with Crippen LogP contribution in [0.5, 0.6) is 0 Å². The van der Waals surface area contributed by atoms with Crippen molar-refractivity contribution in [3.63, 3.8) is 0 Å². The molecule has 86 valence electrons. The number of nitrogens with zero attached hydrogens (tertiary/aromatic N) is 2. The van der Waals surface area contributed by atoms with Crippen LogP contribution in [-0.4, -0.2) is 21.4 Å². The summed E-state index contributed by atoms with van der Waals surface area (Å²) in [7, 11) is 0. The average molecular weight is 235 g/mol. The Balaban J connectivity index is 2.13. The molecular formula is C12H17N3S. The molecule has 0 saturated carbocycles. The van der Waals surface area contributed by atoms with Crippen LogP contribution in [0.2, 0.25) is 0 Å². The second-order valence-electron chi connectivity index (χ2n) is 4.37. The van der Waals surface area contributed by atoms with Gasteiger partial charge in [0.15, 0.2) is 5.17 Å². The summed E-state index contributed by atoms with van der Waals surface area (Å²) in [5.41, 5.74) is 2.35. The highest BCUT2D eigenvalue weighted by molar-refractivity contribution is 8.14. The fourth-order valence-corrected chi connectivity index (χ4v) is 2.67. The van der Waals surface area contributed by atoms with Gasteiger partial charge in [-0.1, -0.05) is 18.7 Å². The molecule has 1 aliphatic rings. The molecule has 1 N–H and O–H groups in total. The summed E-state index contributed by atoms with van der Waals surface area (Å²) in [6.45, 7) is 6.45. The molecule has 1 aliphatic heterocycles. The Morgan fingerprint density at radius 1 is 1.56 bits per heavy atom. The van der Waals surface area contributed by atoms with Gasteiger partial charge >= 0.3 is 0 Å². The van der Waals surface area contributed by atoms with Crippen LogP contribution in [-0.2, 0) is 0 Å². The summed E-state index contributed by atoms with van der Waals surface area (Å²) >= 11 is 1.79. The van der Waals surface area contributed by atoms with Gasteiger partial charge < -0.3 is 5.32 Å². The van der Waals surface area contributed by atoms with Gasteiger partial charge in [0, 0.05) is 11.9 Å². The van der Waals surface area contributed by atoms with Crippen LogP contribution in [0.3, 0.4) is 0 Å². The first-order chi connectivity index (χ1) is 7.63. The SMILES string of the molecule is CCC1(C)CSC(Nc2cnccc2C)=N1. The lowest BCUT2D eigenvalue weighted by molar-refractivity contribution is 0.523. The molecule has 2 rings (SSSR count). The monoisotopic (exact) mass is 235 g/mol. The Morgan fingerprint density at radius 3 is 3.00 bits per heavy atom. The van der Waals surface area contributed by atoms with Crippen LogP contribution in [0.4, 0.5) is 5.69 Å². The Kier molecular flexibility index (Phi) is 3.19. The minimum atomic E-state index is 0.100. The third-order valence-electron chi connectivity index (χ3n) is 2.93. The molecule has 1 unspecified atom stereocenters. The van der Waals surface area contributed by atoms with Gasteiger partial charge in [-0.25, -0.2) is 0 Å². The highest BCUT2D eigenvalue weighted by atomic mass is 32.2. The predicted molar refractivity (Wildman–Crippen MR) is 71.2 cm³/mol. The fourth-order valence-electron chi connectivity index (χ4n) is 1.49. The van der Waals surface area contributed by atoms with Gasteiger partial charge in [-0.15, -0.1) is 0 Å². The van der Waals surface area contributed by atoms with Crippen molar-refractivity contribution in [2.75, 3.05) is 11.1 Å². The molecular weight excluding hydrogens is 218 g/mol. The van der Waals surface area contributed by atoms with Crippen LogP contribution in [0.15, 0.2) is 23.5 Å². The zero-order chi connectivity index (χ0) is 11.6. The molecule has 3 nitrogen and oxygen atoms in total. The molecule has 1 aromatic rings. The molecule has 0 amide bonds. The second-order valence-corrected chi connectivity index (χ2v) is 5.34. The largest absolute Gasteiger partial charge is 0.333 e. The first-order valence-electron chi connectivity index (χ1n) is 5.53. The minimum absolute atomic E-state index is 0.100. The van der Waals surface area contributed by atoms with E-state index in [1.807, 2.05) is 12.3 Å². The van der Waals surface area contributed by atoms with Crippen molar-refractivity contribution in [1.29, 1.82) is 0 Å². The van der Waals surface area contributed by atoms with Crippen molar-refractivity contribution in [2.45, 2.75) is 32.7 Å². The summed E-state index contributed by atoms with van der Waals surface area (Å²) < 4.78 is 0. The Labute approximate surface area is 101 Å². The number of pyridine rings is 1. The molecule has 1 aromatic heterocycles. The number of aliphatic imine (C=N–C) groups is 1. The number of amidine groups is 1. The molecule has 2 heterocycles. The zero-order valence-corrected chi connectivity index (χ0v) is 10.8. The number of aromatic nitrogens is 1. The van der Waals surface area contributed by atoms with Crippen LogP contribution < -0.4 is 5.32 Å². The molecule has 0 spiro atoms. The third kappa shape index (κ3) is 2.38. The normalized spacial score (nSPS) is 24.3. The van der Waals surface area contributed by atoms with Gasteiger partial charge in [0.05, 0.1) is 17.4 Å². The van der Waals surface area contributed by atoms with Gasteiger partial charge in [0.1, 0.15) is 0 Å². The maximum Gasteiger partial charge on any atom is 0.161 e. The van der Waals surface area contributed by atoms with E-state index in [9.17, 15) is 0 Å². The van der Waals surface area contributed by atoms with Crippen molar-refractivity contribution in [2.24, 2.45) is 4.99 Å². The third-order valence-corrected chi connectivity index (χ3v) is 4.17. The lowest BCUT2D eigenvalue weighted by atomic mass is 10.0. The van der Waals surface area contributed by atoms with E-state index in [1.54, 1.807) is 18.0 Å². The average Bonchev–Trinajstić information content (AvgIpc) is 2.65. The number of hydrogen-bond donors (Lipinski definition) is 1. The van der Waals surface area contributed by atoms with Gasteiger partial charge in [-0.3, -0.25) is 9.98 Å². The van der Waals surface area contributed by atoms with Crippen molar-refractivity contribution in [3.8, 4) is 0 Å². The first-order valence-corrected chi connectivity index (χ1v) is 6.52. The Morgan fingerprint density at radius 2 is 2.38 bits per heavy atom. The van der Waals surface area contributed by atoms with E-state index in [1.165, 1.54) is 5.56 Å². The lowest BCUT2D eigenvalue weighted by Gasteiger charge is -2.15. The first kappa shape index (κ1) is 11.5. The molecule has 4 heteroatoms. The van der Waals surface area contributed by atoms with Crippen LogP contribution in [0, 0.1) is 6.92 Å². The maximum atomic E-state index is 4.72. The van der Waals surface area contributed by atoms with E-state index in [-0.39, 0.29) is 5.54 Å². The summed E-state index contributed by atoms with van der Waals surface area (Å²) in [4.78, 5) is 8.83. The molecule has 0 saturated heterocycles. The predicted octanol–water partition coefficient (Wildman–Crippen LogP) is 3.07. The topological polar surface area (TPSA) is 37.3 Å². The summed E-state index contributed by atoms with van der Waals surface area (Å²) in [5, 5.41) is 4.36. The number of thioether (sulfide) groups is 1. The Hall–Kier alpha value is -1.03. The lowest BCUT2D eigenvalue weighted by Crippen LogP contribution is -2.20. The van der Waals surface area contributed by atoms with E-state index < -0.39 is 0 Å². The molecule has 0 radical (unpaired) electrons. The summed E-state index contributed by atoms with van der Waals surface area (Å²) in [5.74, 6) is 1.06. The van der Waals surface area contributed by atoms with Crippen LogP contribution in [0.25, 0.3) is 0 Å². The van der Waals surface area contributed by atoms with Gasteiger partial charge in [-0.05, 0) is 31.9 Å². The molecule has 0 bridgehead atoms. The molecule has 0 aliphatic carbocycles. The fraction of sp³-hybridized carbons (Fsp3) is 0.500. The van der Waals surface area contributed by atoms with Crippen LogP contribution in [0.1, 0.15) is 25.8 Å². The van der Waals surface area contributed by atoms with E-state index in [2.05, 4.69) is 31.1 Å². The number of rotatable bonds is 2. The van der Waals surface area contributed by atoms with Crippen LogP contribution >= 0.6 is 11.8 Å². The Bertz CT molecular complexity index is 416. The standard InChI is InChI=1S/C12H17N3S/c1-4-12(3)8-16-11(15-12)14-10-7-13-6-5-9(10)2/h5-7H,4,8H2,1-3H3,(H,14,15). The van der Waals surface area contributed by atoms with Crippen molar-refractivity contribution in [1.82, 2.24) is 4.98 Å². The van der Waals surface area contributed by atoms with E-state index in [4.69, 9.17) is 4.99 Å². The number of nitrogens with one attached hydrogen (secondary N) is 1. The summed E-state index contributed by atoms with van der Waals surface area (Å²) in [6.07, 6.45) is 4.73. The van der Waals surface area contributed by atoms with Crippen molar-refractivity contribution in [3.05, 3.63) is 24.0 Å². The van der Waals surface area contributed by atoms with E-state index >= 15 is 0 Å². The quantitative estimate of drug-likeness (QED) is 0.856. The smallest absolute Gasteiger partial charge is 0.161 e. The number of aryl methyl sites for hydroxylation is 1. The van der Waals surface area contributed by atoms with Gasteiger partial charge in [-0.2, -0.15) is 0 Å². The molecule has 0 aromatic carbocycles. The molecule has 0 fully saturated rings. The van der Waals surface area contributed by atoms with E-state index in [0.29, 0.717) is 0 Å². The number of hydrogen-bond acceptors (Lipinski definition) is 4. The maximum absolute atomic E-state index is 4.72. The zero-order valence-electron chi connectivity index (χ0n) is 9.95. The van der Waals surface area contributed by atoms with Crippen molar-refractivity contribution < 1.29 is 0 Å². The molecule has 16 heavy (non-hydrogen) atoms. The van der Waals surface area contributed by atoms with Gasteiger partial charge in [0.2, 0.25) is 0 Å². The van der Waals surface area contributed by atoms with E-state index in [0.717, 1.165) is 23.0 Å².